The van der Waals surface area contributed by atoms with E-state index in [4.69, 9.17) is 0 Å². The normalized spacial score (nSPS) is 10.5. The summed E-state index contributed by atoms with van der Waals surface area (Å²) in [6.07, 6.45) is 1.73. The SMILES string of the molecule is Cc1ccn(Cc2nnn(C)n2)c(=O)c1. The maximum atomic E-state index is 11.5. The molecule has 0 radical (unpaired) electrons. The van der Waals surface area contributed by atoms with Crippen molar-refractivity contribution in [2.75, 3.05) is 0 Å². The van der Waals surface area contributed by atoms with Gasteiger partial charge in [-0.3, -0.25) is 4.79 Å². The quantitative estimate of drug-likeness (QED) is 0.676. The molecule has 0 bridgehead atoms. The van der Waals surface area contributed by atoms with Gasteiger partial charge in [-0.05, 0) is 23.8 Å². The fourth-order valence-electron chi connectivity index (χ4n) is 1.28. The Morgan fingerprint density at radius 3 is 2.87 bits per heavy atom. The molecular weight excluding hydrogens is 194 g/mol. The van der Waals surface area contributed by atoms with Crippen LogP contribution in [0.25, 0.3) is 0 Å². The average Bonchev–Trinajstić information content (AvgIpc) is 2.56. The van der Waals surface area contributed by atoms with Crippen molar-refractivity contribution in [3.63, 3.8) is 0 Å². The third-order valence-electron chi connectivity index (χ3n) is 2.01. The predicted molar refractivity (Wildman–Crippen MR) is 53.3 cm³/mol. The summed E-state index contributed by atoms with van der Waals surface area (Å²) < 4.78 is 1.55. The largest absolute Gasteiger partial charge is 0.308 e. The van der Waals surface area contributed by atoms with Crippen molar-refractivity contribution in [1.82, 2.24) is 24.8 Å². The first-order valence-electron chi connectivity index (χ1n) is 4.55. The van der Waals surface area contributed by atoms with E-state index < -0.39 is 0 Å². The lowest BCUT2D eigenvalue weighted by Crippen LogP contribution is -2.19. The Morgan fingerprint density at radius 2 is 2.27 bits per heavy atom. The topological polar surface area (TPSA) is 65.6 Å². The fourth-order valence-corrected chi connectivity index (χ4v) is 1.28. The van der Waals surface area contributed by atoms with Crippen LogP contribution in [0.4, 0.5) is 0 Å². The highest BCUT2D eigenvalue weighted by atomic mass is 16.1. The lowest BCUT2D eigenvalue weighted by atomic mass is 10.3. The van der Waals surface area contributed by atoms with Crippen molar-refractivity contribution in [2.24, 2.45) is 7.05 Å². The van der Waals surface area contributed by atoms with Crippen molar-refractivity contribution in [2.45, 2.75) is 13.5 Å². The number of rotatable bonds is 2. The Bertz CT molecular complexity index is 527. The van der Waals surface area contributed by atoms with E-state index in [-0.39, 0.29) is 5.56 Å². The zero-order valence-corrected chi connectivity index (χ0v) is 8.58. The highest BCUT2D eigenvalue weighted by Gasteiger charge is 2.02. The van der Waals surface area contributed by atoms with Gasteiger partial charge in [-0.15, -0.1) is 10.2 Å². The van der Waals surface area contributed by atoms with Gasteiger partial charge in [-0.2, -0.15) is 4.80 Å². The van der Waals surface area contributed by atoms with E-state index in [0.717, 1.165) is 5.56 Å². The van der Waals surface area contributed by atoms with E-state index in [1.807, 2.05) is 13.0 Å². The molecule has 0 unspecified atom stereocenters. The summed E-state index contributed by atoms with van der Waals surface area (Å²) in [6.45, 7) is 2.24. The van der Waals surface area contributed by atoms with E-state index >= 15 is 0 Å². The number of hydrogen-bond acceptors (Lipinski definition) is 4. The van der Waals surface area contributed by atoms with E-state index in [1.54, 1.807) is 23.9 Å². The molecule has 0 aliphatic carbocycles. The van der Waals surface area contributed by atoms with Crippen LogP contribution in [0.5, 0.6) is 0 Å². The number of aromatic nitrogens is 5. The third kappa shape index (κ3) is 2.09. The molecule has 0 atom stereocenters. The van der Waals surface area contributed by atoms with Crippen LogP contribution in [0, 0.1) is 6.92 Å². The lowest BCUT2D eigenvalue weighted by molar-refractivity contribution is 0.624. The molecule has 0 N–H and O–H groups in total. The Kier molecular flexibility index (Phi) is 2.32. The van der Waals surface area contributed by atoms with Crippen LogP contribution in [0.1, 0.15) is 11.4 Å². The number of aryl methyl sites for hydroxylation is 2. The first-order valence-corrected chi connectivity index (χ1v) is 4.55. The highest BCUT2D eigenvalue weighted by molar-refractivity contribution is 5.08. The zero-order chi connectivity index (χ0) is 10.8. The van der Waals surface area contributed by atoms with Gasteiger partial charge >= 0.3 is 0 Å². The van der Waals surface area contributed by atoms with Gasteiger partial charge in [0.25, 0.3) is 5.56 Å². The van der Waals surface area contributed by atoms with Crippen LogP contribution in [-0.2, 0) is 13.6 Å². The Balaban J connectivity index is 2.28. The second-order valence-corrected chi connectivity index (χ2v) is 3.37. The van der Waals surface area contributed by atoms with Crippen molar-refractivity contribution in [1.29, 1.82) is 0 Å². The smallest absolute Gasteiger partial charge is 0.251 e. The Hall–Kier alpha value is -1.98. The first-order chi connectivity index (χ1) is 7.15. The molecule has 0 aliphatic heterocycles. The summed E-state index contributed by atoms with van der Waals surface area (Å²) in [4.78, 5) is 12.9. The molecule has 0 saturated heterocycles. The summed E-state index contributed by atoms with van der Waals surface area (Å²) in [5, 5.41) is 11.5. The molecule has 0 saturated carbocycles. The van der Waals surface area contributed by atoms with Crippen molar-refractivity contribution < 1.29 is 0 Å². The molecule has 78 valence electrons. The molecule has 6 heteroatoms. The van der Waals surface area contributed by atoms with Gasteiger partial charge < -0.3 is 4.57 Å². The van der Waals surface area contributed by atoms with Crippen LogP contribution in [0.3, 0.4) is 0 Å². The second kappa shape index (κ2) is 3.64. The summed E-state index contributed by atoms with van der Waals surface area (Å²) in [7, 11) is 1.69. The summed E-state index contributed by atoms with van der Waals surface area (Å²) in [5.41, 5.74) is 0.894. The van der Waals surface area contributed by atoms with Gasteiger partial charge in [0.15, 0.2) is 5.82 Å². The van der Waals surface area contributed by atoms with Crippen molar-refractivity contribution >= 4 is 0 Å². The molecule has 0 amide bonds. The number of pyridine rings is 1. The van der Waals surface area contributed by atoms with E-state index in [2.05, 4.69) is 15.4 Å². The van der Waals surface area contributed by atoms with Gasteiger partial charge in [0.05, 0.1) is 13.6 Å². The molecule has 0 aromatic carbocycles. The van der Waals surface area contributed by atoms with Crippen molar-refractivity contribution in [3.05, 3.63) is 40.1 Å². The van der Waals surface area contributed by atoms with Gasteiger partial charge in [0, 0.05) is 12.3 Å². The summed E-state index contributed by atoms with van der Waals surface area (Å²) in [5.74, 6) is 0.531. The van der Waals surface area contributed by atoms with Gasteiger partial charge in [0.2, 0.25) is 0 Å². The number of hydrogen-bond donors (Lipinski definition) is 0. The minimum absolute atomic E-state index is 0.0533. The minimum atomic E-state index is -0.0533. The molecule has 2 aromatic rings. The zero-order valence-electron chi connectivity index (χ0n) is 8.58. The minimum Gasteiger partial charge on any atom is -0.308 e. The Labute approximate surface area is 86.2 Å². The van der Waals surface area contributed by atoms with E-state index in [9.17, 15) is 4.79 Å². The predicted octanol–water partition coefficient (Wildman–Crippen LogP) is -0.271. The molecule has 6 nitrogen and oxygen atoms in total. The maximum Gasteiger partial charge on any atom is 0.251 e. The van der Waals surface area contributed by atoms with E-state index in [1.165, 1.54) is 4.80 Å². The monoisotopic (exact) mass is 205 g/mol. The molecular formula is C9H11N5O. The van der Waals surface area contributed by atoms with Crippen molar-refractivity contribution in [3.8, 4) is 0 Å². The van der Waals surface area contributed by atoms with Gasteiger partial charge in [0.1, 0.15) is 0 Å². The Morgan fingerprint density at radius 1 is 1.47 bits per heavy atom. The van der Waals surface area contributed by atoms with Gasteiger partial charge in [-0.25, -0.2) is 0 Å². The molecule has 15 heavy (non-hydrogen) atoms. The van der Waals surface area contributed by atoms with Crippen LogP contribution in [0.15, 0.2) is 23.1 Å². The molecule has 0 spiro atoms. The molecule has 0 aliphatic rings. The average molecular weight is 205 g/mol. The van der Waals surface area contributed by atoms with E-state index in [0.29, 0.717) is 12.4 Å². The number of tetrazole rings is 1. The second-order valence-electron chi connectivity index (χ2n) is 3.37. The highest BCUT2D eigenvalue weighted by Crippen LogP contribution is 1.94. The molecule has 2 aromatic heterocycles. The summed E-state index contributed by atoms with van der Waals surface area (Å²) >= 11 is 0. The fraction of sp³-hybridized carbons (Fsp3) is 0.333. The first kappa shape index (κ1) is 9.57. The van der Waals surface area contributed by atoms with Gasteiger partial charge in [-0.1, -0.05) is 0 Å². The van der Waals surface area contributed by atoms with Crippen LogP contribution in [-0.4, -0.2) is 24.8 Å². The maximum absolute atomic E-state index is 11.5. The summed E-state index contributed by atoms with van der Waals surface area (Å²) in [6, 6.07) is 3.45. The molecule has 2 rings (SSSR count). The van der Waals surface area contributed by atoms with Crippen LogP contribution < -0.4 is 5.56 Å². The standard InChI is InChI=1S/C9H11N5O/c1-7-3-4-14(9(15)5-7)6-8-10-12-13(2)11-8/h3-5H,6H2,1-2H3. The molecule has 0 fully saturated rings. The third-order valence-corrected chi connectivity index (χ3v) is 2.01. The van der Waals surface area contributed by atoms with Crippen LogP contribution in [0.2, 0.25) is 0 Å². The van der Waals surface area contributed by atoms with Crippen LogP contribution >= 0.6 is 0 Å². The molecule has 2 heterocycles. The number of nitrogens with zero attached hydrogens (tertiary/aromatic N) is 5. The lowest BCUT2D eigenvalue weighted by Gasteiger charge is -2.01.